The van der Waals surface area contributed by atoms with Gasteiger partial charge in [-0.15, -0.1) is 0 Å². The zero-order chi connectivity index (χ0) is 11.5. The predicted octanol–water partition coefficient (Wildman–Crippen LogP) is 2.14. The number of fused-ring (bicyclic) bond motifs is 1. The molecule has 1 aromatic carbocycles. The lowest BCUT2D eigenvalue weighted by atomic mass is 10.1. The van der Waals surface area contributed by atoms with Gasteiger partial charge in [0.15, 0.2) is 11.5 Å². The van der Waals surface area contributed by atoms with Gasteiger partial charge in [-0.25, -0.2) is 0 Å². The van der Waals surface area contributed by atoms with Crippen LogP contribution in [0.25, 0.3) is 0 Å². The SMILES string of the molecule is C/C(=C\Cc1ccc2c(c1)OCO2)[N+](=O)[O-]. The monoisotopic (exact) mass is 221 g/mol. The summed E-state index contributed by atoms with van der Waals surface area (Å²) in [7, 11) is 0. The molecule has 0 saturated carbocycles. The van der Waals surface area contributed by atoms with Crippen LogP contribution in [0, 0.1) is 10.1 Å². The Bertz CT molecular complexity index is 453. The minimum absolute atomic E-state index is 0.151. The lowest BCUT2D eigenvalue weighted by Gasteiger charge is -1.99. The molecule has 0 radical (unpaired) electrons. The number of hydrogen-bond acceptors (Lipinski definition) is 4. The highest BCUT2D eigenvalue weighted by Crippen LogP contribution is 2.32. The Morgan fingerprint density at radius 3 is 3.00 bits per heavy atom. The summed E-state index contributed by atoms with van der Waals surface area (Å²) in [6.45, 7) is 1.72. The van der Waals surface area contributed by atoms with E-state index in [0.29, 0.717) is 12.2 Å². The van der Waals surface area contributed by atoms with Crippen LogP contribution < -0.4 is 9.47 Å². The second kappa shape index (κ2) is 4.22. The first-order valence-corrected chi connectivity index (χ1v) is 4.86. The Morgan fingerprint density at radius 1 is 1.50 bits per heavy atom. The van der Waals surface area contributed by atoms with Gasteiger partial charge in [0.1, 0.15) is 0 Å². The van der Waals surface area contributed by atoms with Gasteiger partial charge in [-0.05, 0) is 30.2 Å². The highest BCUT2D eigenvalue weighted by molar-refractivity contribution is 5.44. The first kappa shape index (κ1) is 10.5. The lowest BCUT2D eigenvalue weighted by Crippen LogP contribution is -1.94. The van der Waals surface area contributed by atoms with Gasteiger partial charge in [0.2, 0.25) is 12.5 Å². The molecule has 1 aliphatic heterocycles. The van der Waals surface area contributed by atoms with Gasteiger partial charge in [0, 0.05) is 6.92 Å². The van der Waals surface area contributed by atoms with E-state index in [9.17, 15) is 10.1 Å². The first-order chi connectivity index (χ1) is 7.66. The van der Waals surface area contributed by atoms with E-state index in [1.54, 1.807) is 6.08 Å². The maximum Gasteiger partial charge on any atom is 0.239 e. The number of allylic oxidation sites excluding steroid dienone is 2. The lowest BCUT2D eigenvalue weighted by molar-refractivity contribution is -0.424. The van der Waals surface area contributed by atoms with E-state index in [4.69, 9.17) is 9.47 Å². The summed E-state index contributed by atoms with van der Waals surface area (Å²) in [4.78, 5) is 10.0. The molecule has 1 heterocycles. The maximum absolute atomic E-state index is 10.4. The van der Waals surface area contributed by atoms with Crippen LogP contribution in [0.5, 0.6) is 11.5 Å². The standard InChI is InChI=1S/C11H11NO4/c1-8(12(13)14)2-3-9-4-5-10-11(6-9)16-7-15-10/h2,4-6H,3,7H2,1H3/b8-2+. The van der Waals surface area contributed by atoms with E-state index < -0.39 is 4.92 Å². The van der Waals surface area contributed by atoms with Crippen LogP contribution in [0.2, 0.25) is 0 Å². The summed E-state index contributed by atoms with van der Waals surface area (Å²) < 4.78 is 10.4. The molecular weight excluding hydrogens is 210 g/mol. The van der Waals surface area contributed by atoms with E-state index in [2.05, 4.69) is 0 Å². The van der Waals surface area contributed by atoms with E-state index in [0.717, 1.165) is 11.3 Å². The molecule has 1 aromatic rings. The molecule has 0 aromatic heterocycles. The molecule has 0 atom stereocenters. The molecule has 0 amide bonds. The van der Waals surface area contributed by atoms with Crippen LogP contribution in [0.3, 0.4) is 0 Å². The van der Waals surface area contributed by atoms with Crippen molar-refractivity contribution in [3.05, 3.63) is 45.6 Å². The van der Waals surface area contributed by atoms with Crippen LogP contribution in [0.1, 0.15) is 12.5 Å². The number of nitrogens with zero attached hydrogens (tertiary/aromatic N) is 1. The van der Waals surface area contributed by atoms with Crippen molar-refractivity contribution in [3.63, 3.8) is 0 Å². The molecular formula is C11H11NO4. The minimum Gasteiger partial charge on any atom is -0.454 e. The molecule has 5 heteroatoms. The Labute approximate surface area is 92.4 Å². The van der Waals surface area contributed by atoms with Crippen LogP contribution in [0.4, 0.5) is 0 Å². The number of rotatable bonds is 3. The summed E-state index contributed by atoms with van der Waals surface area (Å²) in [5.74, 6) is 1.42. The molecule has 84 valence electrons. The van der Waals surface area contributed by atoms with Crippen molar-refractivity contribution in [2.24, 2.45) is 0 Å². The van der Waals surface area contributed by atoms with Gasteiger partial charge in [0.25, 0.3) is 0 Å². The van der Waals surface area contributed by atoms with E-state index in [1.165, 1.54) is 6.92 Å². The van der Waals surface area contributed by atoms with Gasteiger partial charge in [0.05, 0.1) is 4.92 Å². The summed E-state index contributed by atoms with van der Waals surface area (Å²) in [6, 6.07) is 5.52. The molecule has 0 fully saturated rings. The van der Waals surface area contributed by atoms with Crippen LogP contribution >= 0.6 is 0 Å². The van der Waals surface area contributed by atoms with Crippen LogP contribution in [0.15, 0.2) is 30.0 Å². The normalized spacial score (nSPS) is 13.9. The Hall–Kier alpha value is -2.04. The second-order valence-electron chi connectivity index (χ2n) is 3.49. The topological polar surface area (TPSA) is 61.6 Å². The Morgan fingerprint density at radius 2 is 2.25 bits per heavy atom. The van der Waals surface area contributed by atoms with Crippen molar-refractivity contribution in [2.45, 2.75) is 13.3 Å². The van der Waals surface area contributed by atoms with E-state index in [1.807, 2.05) is 18.2 Å². The molecule has 0 saturated heterocycles. The molecule has 0 unspecified atom stereocenters. The second-order valence-corrected chi connectivity index (χ2v) is 3.49. The summed E-state index contributed by atoms with van der Waals surface area (Å²) >= 11 is 0. The zero-order valence-electron chi connectivity index (χ0n) is 8.80. The largest absolute Gasteiger partial charge is 0.454 e. The van der Waals surface area contributed by atoms with Gasteiger partial charge in [-0.2, -0.15) is 0 Å². The van der Waals surface area contributed by atoms with Crippen molar-refractivity contribution < 1.29 is 14.4 Å². The highest BCUT2D eigenvalue weighted by Gasteiger charge is 2.12. The van der Waals surface area contributed by atoms with Gasteiger partial charge in [-0.3, -0.25) is 10.1 Å². The molecule has 0 aliphatic carbocycles. The van der Waals surface area contributed by atoms with Gasteiger partial charge < -0.3 is 9.47 Å². The number of hydrogen-bond donors (Lipinski definition) is 0. The minimum atomic E-state index is -0.396. The molecule has 1 aliphatic rings. The van der Waals surface area contributed by atoms with Gasteiger partial charge >= 0.3 is 0 Å². The van der Waals surface area contributed by atoms with E-state index >= 15 is 0 Å². The average molecular weight is 221 g/mol. The molecule has 0 N–H and O–H groups in total. The predicted molar refractivity (Wildman–Crippen MR) is 57.0 cm³/mol. The maximum atomic E-state index is 10.4. The fourth-order valence-corrected chi connectivity index (χ4v) is 1.41. The number of ether oxygens (including phenoxy) is 2. The summed E-state index contributed by atoms with van der Waals surface area (Å²) in [5.41, 5.74) is 1.11. The molecule has 0 bridgehead atoms. The fourth-order valence-electron chi connectivity index (χ4n) is 1.41. The molecule has 0 spiro atoms. The Balaban J connectivity index is 2.11. The summed E-state index contributed by atoms with van der Waals surface area (Å²) in [5, 5.41) is 10.4. The fraction of sp³-hybridized carbons (Fsp3) is 0.273. The number of nitro groups is 1. The smallest absolute Gasteiger partial charge is 0.239 e. The van der Waals surface area contributed by atoms with Gasteiger partial charge in [-0.1, -0.05) is 6.07 Å². The Kier molecular flexibility index (Phi) is 2.76. The first-order valence-electron chi connectivity index (χ1n) is 4.86. The zero-order valence-corrected chi connectivity index (χ0v) is 8.80. The van der Waals surface area contributed by atoms with Crippen molar-refractivity contribution in [2.75, 3.05) is 6.79 Å². The van der Waals surface area contributed by atoms with Crippen LogP contribution in [-0.4, -0.2) is 11.7 Å². The third-order valence-electron chi connectivity index (χ3n) is 2.36. The molecule has 2 rings (SSSR count). The van der Waals surface area contributed by atoms with Crippen LogP contribution in [-0.2, 0) is 6.42 Å². The third kappa shape index (κ3) is 2.13. The molecule has 5 nitrogen and oxygen atoms in total. The van der Waals surface area contributed by atoms with Crippen molar-refractivity contribution in [1.29, 1.82) is 0 Å². The number of benzene rings is 1. The van der Waals surface area contributed by atoms with Crippen molar-refractivity contribution in [1.82, 2.24) is 0 Å². The summed E-state index contributed by atoms with van der Waals surface area (Å²) in [6.07, 6.45) is 2.10. The van der Waals surface area contributed by atoms with Crippen molar-refractivity contribution in [3.8, 4) is 11.5 Å². The average Bonchev–Trinajstić information content (AvgIpc) is 2.72. The highest BCUT2D eigenvalue weighted by atomic mass is 16.7. The van der Waals surface area contributed by atoms with Crippen molar-refractivity contribution >= 4 is 0 Å². The third-order valence-corrected chi connectivity index (χ3v) is 2.36. The molecule has 16 heavy (non-hydrogen) atoms. The van der Waals surface area contributed by atoms with E-state index in [-0.39, 0.29) is 12.5 Å². The quantitative estimate of drug-likeness (QED) is 0.579.